The van der Waals surface area contributed by atoms with Gasteiger partial charge in [-0.05, 0) is 36.3 Å². The van der Waals surface area contributed by atoms with E-state index in [4.69, 9.17) is 11.6 Å². The van der Waals surface area contributed by atoms with Crippen molar-refractivity contribution in [1.82, 2.24) is 0 Å². The van der Waals surface area contributed by atoms with E-state index in [1.165, 1.54) is 0 Å². The Morgan fingerprint density at radius 1 is 0.926 bits per heavy atom. The number of hydrogen-bond donors (Lipinski definition) is 1. The molecule has 1 N–H and O–H groups in total. The molecular formula is C25H22ClN. The molecule has 27 heavy (non-hydrogen) atoms. The molecule has 0 fully saturated rings. The molecule has 0 radical (unpaired) electrons. The second-order valence-corrected chi connectivity index (χ2v) is 6.55. The standard InChI is InChI=1S/C25H22ClN/c1-3-4-6-11-19(2)22-14-9-10-15-25(22)27-21-16-17-23(24(26)18-21)20-12-7-5-8-13-20/h3-18,27H,2H2,1H3/b4-3-,11-6-. The topological polar surface area (TPSA) is 12.0 Å². The molecule has 2 heteroatoms. The zero-order chi connectivity index (χ0) is 19.1. The Kier molecular flexibility index (Phi) is 6.30. The molecule has 0 heterocycles. The first-order valence-corrected chi connectivity index (χ1v) is 9.26. The van der Waals surface area contributed by atoms with E-state index in [2.05, 4.69) is 30.1 Å². The van der Waals surface area contributed by atoms with Crippen LogP contribution in [0.3, 0.4) is 0 Å². The minimum Gasteiger partial charge on any atom is -0.355 e. The predicted octanol–water partition coefficient (Wildman–Crippen LogP) is 7.90. The zero-order valence-corrected chi connectivity index (χ0v) is 16.1. The van der Waals surface area contributed by atoms with Gasteiger partial charge in [-0.1, -0.05) is 97.1 Å². The van der Waals surface area contributed by atoms with E-state index in [9.17, 15) is 0 Å². The van der Waals surface area contributed by atoms with Crippen LogP contribution in [0.4, 0.5) is 11.4 Å². The summed E-state index contributed by atoms with van der Waals surface area (Å²) in [5, 5.41) is 4.18. The van der Waals surface area contributed by atoms with E-state index < -0.39 is 0 Å². The van der Waals surface area contributed by atoms with E-state index in [0.29, 0.717) is 0 Å². The first-order chi connectivity index (χ1) is 13.2. The van der Waals surface area contributed by atoms with Gasteiger partial charge in [-0.2, -0.15) is 0 Å². The first-order valence-electron chi connectivity index (χ1n) is 8.88. The summed E-state index contributed by atoms with van der Waals surface area (Å²) in [4.78, 5) is 0. The van der Waals surface area contributed by atoms with Crippen molar-refractivity contribution in [1.29, 1.82) is 0 Å². The number of benzene rings is 3. The van der Waals surface area contributed by atoms with Gasteiger partial charge in [0, 0.05) is 22.5 Å². The Bertz CT molecular complexity index is 984. The second-order valence-electron chi connectivity index (χ2n) is 6.14. The van der Waals surface area contributed by atoms with Crippen LogP contribution in [0.2, 0.25) is 5.02 Å². The maximum Gasteiger partial charge on any atom is 0.0505 e. The summed E-state index contributed by atoms with van der Waals surface area (Å²) >= 11 is 6.54. The van der Waals surface area contributed by atoms with Crippen LogP contribution in [-0.4, -0.2) is 0 Å². The molecule has 0 aliphatic rings. The SMILES string of the molecule is C=C(/C=C\C=C/C)c1ccccc1Nc1ccc(-c2ccccc2)c(Cl)c1. The van der Waals surface area contributed by atoms with Crippen LogP contribution in [0.15, 0.2) is 104 Å². The van der Waals surface area contributed by atoms with Crippen molar-refractivity contribution in [3.8, 4) is 11.1 Å². The highest BCUT2D eigenvalue weighted by Crippen LogP contribution is 2.33. The third-order valence-corrected chi connectivity index (χ3v) is 4.52. The van der Waals surface area contributed by atoms with Gasteiger partial charge in [0.2, 0.25) is 0 Å². The van der Waals surface area contributed by atoms with Crippen molar-refractivity contribution >= 4 is 28.5 Å². The monoisotopic (exact) mass is 371 g/mol. The fourth-order valence-corrected chi connectivity index (χ4v) is 3.13. The van der Waals surface area contributed by atoms with Crippen molar-refractivity contribution in [2.24, 2.45) is 0 Å². The summed E-state index contributed by atoms with van der Waals surface area (Å²) in [7, 11) is 0. The lowest BCUT2D eigenvalue weighted by Crippen LogP contribution is -1.95. The molecular weight excluding hydrogens is 350 g/mol. The van der Waals surface area contributed by atoms with Gasteiger partial charge in [-0.3, -0.25) is 0 Å². The van der Waals surface area contributed by atoms with Crippen molar-refractivity contribution in [3.63, 3.8) is 0 Å². The molecule has 0 spiro atoms. The molecule has 0 aliphatic carbocycles. The van der Waals surface area contributed by atoms with Crippen LogP contribution in [0.1, 0.15) is 12.5 Å². The highest BCUT2D eigenvalue weighted by molar-refractivity contribution is 6.33. The van der Waals surface area contributed by atoms with E-state index in [1.807, 2.05) is 85.8 Å². The normalized spacial score (nSPS) is 11.2. The Morgan fingerprint density at radius 3 is 2.41 bits per heavy atom. The lowest BCUT2D eigenvalue weighted by molar-refractivity contribution is 1.51. The third kappa shape index (κ3) is 4.78. The molecule has 0 amide bonds. The van der Waals surface area contributed by atoms with Crippen molar-refractivity contribution in [2.75, 3.05) is 5.32 Å². The molecule has 0 aromatic heterocycles. The summed E-state index contributed by atoms with van der Waals surface area (Å²) in [6.45, 7) is 6.18. The lowest BCUT2D eigenvalue weighted by atomic mass is 10.0. The second kappa shape index (κ2) is 9.07. The number of anilines is 2. The molecule has 3 aromatic carbocycles. The highest BCUT2D eigenvalue weighted by atomic mass is 35.5. The van der Waals surface area contributed by atoms with Gasteiger partial charge in [0.1, 0.15) is 0 Å². The van der Waals surface area contributed by atoms with E-state index in [0.717, 1.165) is 38.7 Å². The lowest BCUT2D eigenvalue weighted by Gasteiger charge is -2.14. The third-order valence-electron chi connectivity index (χ3n) is 4.21. The number of nitrogens with one attached hydrogen (secondary N) is 1. The minimum atomic E-state index is 0.718. The van der Waals surface area contributed by atoms with Gasteiger partial charge in [0.25, 0.3) is 0 Å². The molecule has 3 rings (SSSR count). The van der Waals surface area contributed by atoms with Gasteiger partial charge in [0.15, 0.2) is 0 Å². The summed E-state index contributed by atoms with van der Waals surface area (Å²) < 4.78 is 0. The Balaban J connectivity index is 1.86. The van der Waals surface area contributed by atoms with Crippen molar-refractivity contribution in [3.05, 3.63) is 114 Å². The Labute approximate surface area is 166 Å². The number of rotatable bonds is 6. The maximum atomic E-state index is 6.54. The quantitative estimate of drug-likeness (QED) is 0.434. The maximum absolute atomic E-state index is 6.54. The number of para-hydroxylation sites is 1. The first kappa shape index (κ1) is 18.8. The molecule has 0 saturated carbocycles. The van der Waals surface area contributed by atoms with Gasteiger partial charge < -0.3 is 5.32 Å². The number of halogens is 1. The smallest absolute Gasteiger partial charge is 0.0505 e. The van der Waals surface area contributed by atoms with Crippen LogP contribution in [0, 0.1) is 0 Å². The molecule has 1 nitrogen and oxygen atoms in total. The Morgan fingerprint density at radius 2 is 1.67 bits per heavy atom. The zero-order valence-electron chi connectivity index (χ0n) is 15.3. The van der Waals surface area contributed by atoms with Crippen molar-refractivity contribution in [2.45, 2.75) is 6.92 Å². The average molecular weight is 372 g/mol. The molecule has 3 aromatic rings. The van der Waals surface area contributed by atoms with E-state index in [1.54, 1.807) is 0 Å². The molecule has 0 aliphatic heterocycles. The van der Waals surface area contributed by atoms with Gasteiger partial charge in [-0.25, -0.2) is 0 Å². The minimum absolute atomic E-state index is 0.718. The summed E-state index contributed by atoms with van der Waals surface area (Å²) in [5.41, 5.74) is 6.07. The largest absolute Gasteiger partial charge is 0.355 e. The number of hydrogen-bond acceptors (Lipinski definition) is 1. The molecule has 0 atom stereocenters. The van der Waals surface area contributed by atoms with Crippen LogP contribution < -0.4 is 5.32 Å². The predicted molar refractivity (Wildman–Crippen MR) is 120 cm³/mol. The summed E-state index contributed by atoms with van der Waals surface area (Å²) in [5.74, 6) is 0. The van der Waals surface area contributed by atoms with Crippen LogP contribution in [-0.2, 0) is 0 Å². The Hall–Kier alpha value is -3.03. The van der Waals surface area contributed by atoms with Gasteiger partial charge >= 0.3 is 0 Å². The van der Waals surface area contributed by atoms with Crippen LogP contribution in [0.5, 0.6) is 0 Å². The summed E-state index contributed by atoms with van der Waals surface area (Å²) in [6.07, 6.45) is 7.98. The highest BCUT2D eigenvalue weighted by Gasteiger charge is 2.07. The fraction of sp³-hybridized carbons (Fsp3) is 0.0400. The fourth-order valence-electron chi connectivity index (χ4n) is 2.84. The average Bonchev–Trinajstić information content (AvgIpc) is 2.69. The number of allylic oxidation sites excluding steroid dienone is 5. The van der Waals surface area contributed by atoms with Crippen molar-refractivity contribution < 1.29 is 0 Å². The van der Waals surface area contributed by atoms with E-state index >= 15 is 0 Å². The molecule has 134 valence electrons. The van der Waals surface area contributed by atoms with Crippen LogP contribution in [0.25, 0.3) is 16.7 Å². The molecule has 0 unspecified atom stereocenters. The van der Waals surface area contributed by atoms with E-state index in [-0.39, 0.29) is 0 Å². The van der Waals surface area contributed by atoms with Crippen LogP contribution >= 0.6 is 11.6 Å². The molecule has 0 saturated heterocycles. The van der Waals surface area contributed by atoms with Gasteiger partial charge in [0.05, 0.1) is 5.02 Å². The molecule has 0 bridgehead atoms. The van der Waals surface area contributed by atoms with Gasteiger partial charge in [-0.15, -0.1) is 0 Å². The summed E-state index contributed by atoms with van der Waals surface area (Å²) in [6, 6.07) is 24.3.